The van der Waals surface area contributed by atoms with Gasteiger partial charge in [0.2, 0.25) is 5.82 Å². The minimum Gasteiger partial charge on any atom is -0.338 e. The van der Waals surface area contributed by atoms with Gasteiger partial charge in [0.1, 0.15) is 0 Å². The predicted octanol–water partition coefficient (Wildman–Crippen LogP) is 4.24. The molecule has 7 heteroatoms. The van der Waals surface area contributed by atoms with Crippen molar-refractivity contribution in [2.24, 2.45) is 5.92 Å². The number of hydrogen-bond donors (Lipinski definition) is 2. The number of anilines is 1. The van der Waals surface area contributed by atoms with E-state index < -0.39 is 0 Å². The van der Waals surface area contributed by atoms with E-state index in [0.29, 0.717) is 29.9 Å². The molecule has 1 aromatic carbocycles. The summed E-state index contributed by atoms with van der Waals surface area (Å²) in [5, 5.41) is 13.5. The average Bonchev–Trinajstić information content (AvgIpc) is 3.24. The predicted molar refractivity (Wildman–Crippen MR) is 94.9 cm³/mol. The fraction of sp³-hybridized carbons (Fsp3) is 0.235. The maximum absolute atomic E-state index is 11.9. The Bertz CT molecular complexity index is 812. The Balaban J connectivity index is 1.72. The van der Waals surface area contributed by atoms with Crippen molar-refractivity contribution in [2.45, 2.75) is 13.8 Å². The zero-order chi connectivity index (χ0) is 16.9. The summed E-state index contributed by atoms with van der Waals surface area (Å²) in [6.45, 7) is 4.71. The van der Waals surface area contributed by atoms with E-state index in [9.17, 15) is 4.79 Å². The van der Waals surface area contributed by atoms with Crippen molar-refractivity contribution < 1.29 is 9.32 Å². The van der Waals surface area contributed by atoms with Gasteiger partial charge in [-0.1, -0.05) is 31.1 Å². The van der Waals surface area contributed by atoms with Crippen molar-refractivity contribution in [3.8, 4) is 22.8 Å². The molecule has 2 aromatic heterocycles. The number of benzene rings is 1. The molecule has 24 heavy (non-hydrogen) atoms. The van der Waals surface area contributed by atoms with Crippen LogP contribution in [-0.4, -0.2) is 22.7 Å². The van der Waals surface area contributed by atoms with E-state index in [0.717, 1.165) is 11.1 Å². The molecule has 2 amide bonds. The van der Waals surface area contributed by atoms with Gasteiger partial charge in [0.25, 0.3) is 5.89 Å². The molecule has 0 saturated carbocycles. The number of hydrogen-bond acceptors (Lipinski definition) is 5. The molecule has 2 N–H and O–H groups in total. The van der Waals surface area contributed by atoms with Crippen LogP contribution in [0.3, 0.4) is 0 Å². The van der Waals surface area contributed by atoms with Gasteiger partial charge in [-0.2, -0.15) is 16.3 Å². The van der Waals surface area contributed by atoms with Crippen LogP contribution in [0.2, 0.25) is 0 Å². The van der Waals surface area contributed by atoms with Gasteiger partial charge in [0, 0.05) is 23.2 Å². The molecule has 0 radical (unpaired) electrons. The van der Waals surface area contributed by atoms with Gasteiger partial charge in [0.15, 0.2) is 0 Å². The first-order valence-electron chi connectivity index (χ1n) is 7.63. The number of amides is 2. The van der Waals surface area contributed by atoms with Crippen LogP contribution < -0.4 is 10.6 Å². The van der Waals surface area contributed by atoms with Gasteiger partial charge < -0.3 is 15.2 Å². The minimum atomic E-state index is -0.229. The van der Waals surface area contributed by atoms with Crippen molar-refractivity contribution in [3.05, 3.63) is 41.1 Å². The number of carbonyl (C=O) groups is 1. The number of urea groups is 1. The molecule has 0 aliphatic rings. The quantitative estimate of drug-likeness (QED) is 0.726. The lowest BCUT2D eigenvalue weighted by Gasteiger charge is -2.09. The summed E-state index contributed by atoms with van der Waals surface area (Å²) in [6, 6.07) is 9.05. The van der Waals surface area contributed by atoms with Crippen molar-refractivity contribution in [3.63, 3.8) is 0 Å². The Morgan fingerprint density at radius 3 is 2.92 bits per heavy atom. The van der Waals surface area contributed by atoms with Crippen LogP contribution in [0.25, 0.3) is 22.8 Å². The highest BCUT2D eigenvalue weighted by atomic mass is 32.1. The Labute approximate surface area is 143 Å². The molecule has 3 aromatic rings. The second-order valence-corrected chi connectivity index (χ2v) is 6.52. The highest BCUT2D eigenvalue weighted by Gasteiger charge is 2.11. The van der Waals surface area contributed by atoms with E-state index in [-0.39, 0.29) is 6.03 Å². The second-order valence-electron chi connectivity index (χ2n) is 5.74. The molecule has 0 aliphatic carbocycles. The van der Waals surface area contributed by atoms with E-state index >= 15 is 0 Å². The van der Waals surface area contributed by atoms with Crippen LogP contribution >= 0.6 is 11.3 Å². The number of aromatic nitrogens is 2. The number of nitrogens with zero attached hydrogens (tertiary/aromatic N) is 2. The lowest BCUT2D eigenvalue weighted by atomic mass is 10.2. The first-order valence-corrected chi connectivity index (χ1v) is 8.57. The third-order valence-corrected chi connectivity index (χ3v) is 3.93. The van der Waals surface area contributed by atoms with Crippen molar-refractivity contribution in [1.29, 1.82) is 0 Å². The maximum Gasteiger partial charge on any atom is 0.319 e. The normalized spacial score (nSPS) is 10.8. The fourth-order valence-electron chi connectivity index (χ4n) is 2.05. The zero-order valence-electron chi connectivity index (χ0n) is 13.4. The fourth-order valence-corrected chi connectivity index (χ4v) is 2.68. The number of nitrogens with one attached hydrogen (secondary N) is 2. The molecule has 0 spiro atoms. The maximum atomic E-state index is 11.9. The number of carbonyl (C=O) groups excluding carboxylic acids is 1. The van der Waals surface area contributed by atoms with E-state index in [2.05, 4.69) is 20.8 Å². The molecule has 3 rings (SSSR count). The first kappa shape index (κ1) is 16.2. The molecule has 6 nitrogen and oxygen atoms in total. The lowest BCUT2D eigenvalue weighted by molar-refractivity contribution is 0.251. The van der Waals surface area contributed by atoms with E-state index in [4.69, 9.17) is 4.52 Å². The summed E-state index contributed by atoms with van der Waals surface area (Å²) in [5.74, 6) is 1.37. The molecular formula is C17H18N4O2S. The van der Waals surface area contributed by atoms with E-state index in [1.807, 2.05) is 54.9 Å². The lowest BCUT2D eigenvalue weighted by Crippen LogP contribution is -2.31. The molecule has 124 valence electrons. The van der Waals surface area contributed by atoms with Crippen LogP contribution in [0.4, 0.5) is 10.5 Å². The summed E-state index contributed by atoms with van der Waals surface area (Å²) in [5.41, 5.74) is 2.36. The van der Waals surface area contributed by atoms with Crippen molar-refractivity contribution >= 4 is 23.1 Å². The topological polar surface area (TPSA) is 80.0 Å². The summed E-state index contributed by atoms with van der Waals surface area (Å²) in [6.07, 6.45) is 0. The molecule has 0 aliphatic heterocycles. The van der Waals surface area contributed by atoms with Gasteiger partial charge >= 0.3 is 6.03 Å². The van der Waals surface area contributed by atoms with Crippen molar-refractivity contribution in [2.75, 3.05) is 11.9 Å². The summed E-state index contributed by atoms with van der Waals surface area (Å²) in [7, 11) is 0. The van der Waals surface area contributed by atoms with Gasteiger partial charge in [-0.15, -0.1) is 0 Å². The van der Waals surface area contributed by atoms with Gasteiger partial charge in [-0.3, -0.25) is 0 Å². The molecule has 2 heterocycles. The Kier molecular flexibility index (Phi) is 4.90. The standard InChI is InChI=1S/C17H18N4O2S/c1-11(2)9-18-17(22)19-14-5-3-4-12(8-14)15-20-16(23-21-15)13-6-7-24-10-13/h3-8,10-11H,9H2,1-2H3,(H2,18,19,22). The number of rotatable bonds is 5. The molecular weight excluding hydrogens is 324 g/mol. The van der Waals surface area contributed by atoms with Crippen LogP contribution in [0.15, 0.2) is 45.6 Å². The Morgan fingerprint density at radius 1 is 1.29 bits per heavy atom. The van der Waals surface area contributed by atoms with Gasteiger partial charge in [0.05, 0.1) is 5.56 Å². The smallest absolute Gasteiger partial charge is 0.319 e. The molecule has 0 bridgehead atoms. The molecule has 0 atom stereocenters. The monoisotopic (exact) mass is 342 g/mol. The summed E-state index contributed by atoms with van der Waals surface area (Å²) >= 11 is 1.57. The SMILES string of the molecule is CC(C)CNC(=O)Nc1cccc(-c2noc(-c3ccsc3)n2)c1. The van der Waals surface area contributed by atoms with Crippen LogP contribution in [0.1, 0.15) is 13.8 Å². The van der Waals surface area contributed by atoms with E-state index in [1.54, 1.807) is 11.3 Å². The zero-order valence-corrected chi connectivity index (χ0v) is 14.3. The average molecular weight is 342 g/mol. The largest absolute Gasteiger partial charge is 0.338 e. The van der Waals surface area contributed by atoms with Crippen LogP contribution in [-0.2, 0) is 0 Å². The Hall–Kier alpha value is -2.67. The summed E-state index contributed by atoms with van der Waals surface area (Å²) < 4.78 is 5.30. The highest BCUT2D eigenvalue weighted by Crippen LogP contribution is 2.25. The van der Waals surface area contributed by atoms with E-state index in [1.165, 1.54) is 0 Å². The van der Waals surface area contributed by atoms with Crippen LogP contribution in [0, 0.1) is 5.92 Å². The highest BCUT2D eigenvalue weighted by molar-refractivity contribution is 7.08. The first-order chi connectivity index (χ1) is 11.6. The summed E-state index contributed by atoms with van der Waals surface area (Å²) in [4.78, 5) is 16.3. The van der Waals surface area contributed by atoms with Crippen LogP contribution in [0.5, 0.6) is 0 Å². The minimum absolute atomic E-state index is 0.229. The number of thiophene rings is 1. The van der Waals surface area contributed by atoms with Crippen molar-refractivity contribution in [1.82, 2.24) is 15.5 Å². The molecule has 0 saturated heterocycles. The third-order valence-electron chi connectivity index (χ3n) is 3.24. The Morgan fingerprint density at radius 2 is 2.17 bits per heavy atom. The van der Waals surface area contributed by atoms with Gasteiger partial charge in [-0.05, 0) is 29.5 Å². The molecule has 0 unspecified atom stereocenters. The second kappa shape index (κ2) is 7.27. The van der Waals surface area contributed by atoms with Gasteiger partial charge in [-0.25, -0.2) is 4.79 Å². The third kappa shape index (κ3) is 3.99. The molecule has 0 fully saturated rings.